The van der Waals surface area contributed by atoms with Crippen LogP contribution < -0.4 is 4.90 Å². The Hall–Kier alpha value is -2.19. The first-order chi connectivity index (χ1) is 11.7. The Bertz CT molecular complexity index is 824. The highest BCUT2D eigenvalue weighted by Gasteiger charge is 2.29. The number of ether oxygens (including phenoxy) is 1. The fourth-order valence-electron chi connectivity index (χ4n) is 2.75. The van der Waals surface area contributed by atoms with Crippen molar-refractivity contribution in [3.63, 3.8) is 0 Å². The van der Waals surface area contributed by atoms with E-state index in [2.05, 4.69) is 15.0 Å². The first-order valence-corrected chi connectivity index (χ1v) is 8.34. The van der Waals surface area contributed by atoms with Crippen LogP contribution in [0.15, 0.2) is 36.7 Å². The quantitative estimate of drug-likeness (QED) is 0.724. The van der Waals surface area contributed by atoms with Crippen LogP contribution in [-0.2, 0) is 4.74 Å². The summed E-state index contributed by atoms with van der Waals surface area (Å²) in [5.41, 5.74) is 0.661. The van der Waals surface area contributed by atoms with Crippen molar-refractivity contribution in [2.45, 2.75) is 12.5 Å². The highest BCUT2D eigenvalue weighted by Crippen LogP contribution is 2.34. The molecule has 1 aromatic carbocycles. The summed E-state index contributed by atoms with van der Waals surface area (Å²) < 4.78 is 32.5. The van der Waals surface area contributed by atoms with Gasteiger partial charge in [0.05, 0.1) is 23.4 Å². The van der Waals surface area contributed by atoms with Gasteiger partial charge in [0.2, 0.25) is 0 Å². The lowest BCUT2D eigenvalue weighted by Gasteiger charge is -2.35. The van der Waals surface area contributed by atoms with Crippen LogP contribution in [0.5, 0.6) is 0 Å². The maximum atomic E-state index is 12.9. The normalized spacial score (nSPS) is 18.5. The van der Waals surface area contributed by atoms with Gasteiger partial charge in [0, 0.05) is 12.6 Å². The number of fused-ring (bicyclic) bond motifs is 1. The molecule has 1 unspecified atom stereocenters. The third-order valence-electron chi connectivity index (χ3n) is 3.92. The van der Waals surface area contributed by atoms with Gasteiger partial charge in [0.1, 0.15) is 28.9 Å². The monoisotopic (exact) mass is 348 g/mol. The predicted molar refractivity (Wildman–Crippen MR) is 87.5 cm³/mol. The molecule has 5 nitrogen and oxygen atoms in total. The summed E-state index contributed by atoms with van der Waals surface area (Å²) in [6.45, 7) is 1.55. The van der Waals surface area contributed by atoms with Crippen LogP contribution in [0, 0.1) is 0 Å². The van der Waals surface area contributed by atoms with E-state index in [1.165, 1.54) is 12.4 Å². The van der Waals surface area contributed by atoms with Crippen LogP contribution in [0.25, 0.3) is 10.2 Å². The zero-order valence-electron chi connectivity index (χ0n) is 12.6. The third kappa shape index (κ3) is 2.83. The maximum Gasteiger partial charge on any atom is 0.280 e. The molecule has 3 aromatic rings. The van der Waals surface area contributed by atoms with Gasteiger partial charge >= 0.3 is 0 Å². The van der Waals surface area contributed by atoms with E-state index in [0.717, 1.165) is 15.2 Å². The number of anilines is 1. The number of morpholine rings is 1. The molecule has 2 aromatic heterocycles. The molecule has 0 aliphatic carbocycles. The molecule has 0 saturated carbocycles. The zero-order valence-corrected chi connectivity index (χ0v) is 13.4. The van der Waals surface area contributed by atoms with Crippen LogP contribution in [-0.4, -0.2) is 34.7 Å². The largest absolute Gasteiger partial charge is 0.377 e. The number of hydrogen-bond acceptors (Lipinski definition) is 6. The zero-order chi connectivity index (χ0) is 16.5. The Morgan fingerprint density at radius 3 is 2.96 bits per heavy atom. The summed E-state index contributed by atoms with van der Waals surface area (Å²) in [6.07, 6.45) is -1.43. The fraction of sp³-hybridized carbons (Fsp3) is 0.312. The van der Waals surface area contributed by atoms with Gasteiger partial charge in [-0.05, 0) is 12.1 Å². The van der Waals surface area contributed by atoms with E-state index in [-0.39, 0.29) is 11.7 Å². The topological polar surface area (TPSA) is 51.1 Å². The van der Waals surface area contributed by atoms with Crippen molar-refractivity contribution in [1.82, 2.24) is 15.0 Å². The average molecular weight is 348 g/mol. The lowest BCUT2D eigenvalue weighted by Crippen LogP contribution is -2.40. The molecule has 0 N–H and O–H groups in total. The van der Waals surface area contributed by atoms with E-state index < -0.39 is 6.43 Å². The molecule has 1 aliphatic rings. The molecule has 8 heteroatoms. The number of benzene rings is 1. The third-order valence-corrected chi connectivity index (χ3v) is 5.05. The van der Waals surface area contributed by atoms with Gasteiger partial charge in [-0.1, -0.05) is 12.1 Å². The molecule has 0 spiro atoms. The average Bonchev–Trinajstić information content (AvgIpc) is 3.06. The van der Waals surface area contributed by atoms with Gasteiger partial charge in [0.25, 0.3) is 6.43 Å². The number of para-hydroxylation sites is 1. The van der Waals surface area contributed by atoms with Crippen LogP contribution in [0.4, 0.5) is 14.6 Å². The highest BCUT2D eigenvalue weighted by molar-refractivity contribution is 7.18. The number of halogens is 2. The van der Waals surface area contributed by atoms with Crippen LogP contribution >= 0.6 is 11.3 Å². The Labute approximate surface area is 140 Å². The first kappa shape index (κ1) is 15.3. The van der Waals surface area contributed by atoms with Gasteiger partial charge in [-0.3, -0.25) is 0 Å². The molecular weight excluding hydrogens is 334 g/mol. The van der Waals surface area contributed by atoms with Crippen LogP contribution in [0.2, 0.25) is 0 Å². The standard InChI is InChI=1S/C16H14F2N4OS/c17-15(18)11-7-14(20-9-19-11)22-5-6-23-8-12(22)16-21-10-3-1-2-4-13(10)24-16/h1-4,7,9,12,15H,5-6,8H2. The minimum absolute atomic E-state index is 0.142. The molecule has 4 rings (SSSR count). The Morgan fingerprint density at radius 2 is 2.12 bits per heavy atom. The number of alkyl halides is 2. The Balaban J connectivity index is 1.71. The van der Waals surface area contributed by atoms with Gasteiger partial charge in [-0.2, -0.15) is 0 Å². The summed E-state index contributed by atoms with van der Waals surface area (Å²) in [5.74, 6) is 0.479. The lowest BCUT2D eigenvalue weighted by molar-refractivity contribution is 0.0935. The number of rotatable bonds is 3. The molecule has 1 fully saturated rings. The molecule has 0 radical (unpaired) electrons. The SMILES string of the molecule is FC(F)c1cc(N2CCOCC2c2nc3ccccc3s2)ncn1. The molecule has 0 bridgehead atoms. The fourth-order valence-corrected chi connectivity index (χ4v) is 3.82. The molecule has 1 saturated heterocycles. The van der Waals surface area contributed by atoms with Crippen molar-refractivity contribution in [1.29, 1.82) is 0 Å². The second kappa shape index (κ2) is 6.37. The molecule has 124 valence electrons. The summed E-state index contributed by atoms with van der Waals surface area (Å²) in [6, 6.07) is 9.10. The molecule has 3 heterocycles. The summed E-state index contributed by atoms with van der Waals surface area (Å²) >= 11 is 1.59. The predicted octanol–water partition coefficient (Wildman–Crippen LogP) is 3.60. The summed E-state index contributed by atoms with van der Waals surface area (Å²) in [7, 11) is 0. The number of hydrogen-bond donors (Lipinski definition) is 0. The summed E-state index contributed by atoms with van der Waals surface area (Å²) in [5, 5.41) is 0.896. The molecule has 1 aliphatic heterocycles. The number of nitrogens with zero attached hydrogens (tertiary/aromatic N) is 4. The molecule has 1 atom stereocenters. The highest BCUT2D eigenvalue weighted by atomic mass is 32.1. The Morgan fingerprint density at radius 1 is 1.25 bits per heavy atom. The van der Waals surface area contributed by atoms with Crippen LogP contribution in [0.1, 0.15) is 23.2 Å². The Kier molecular flexibility index (Phi) is 4.07. The van der Waals surface area contributed by atoms with E-state index in [4.69, 9.17) is 4.74 Å². The van der Waals surface area contributed by atoms with Crippen molar-refractivity contribution in [3.05, 3.63) is 47.4 Å². The van der Waals surface area contributed by atoms with Crippen molar-refractivity contribution in [3.8, 4) is 0 Å². The van der Waals surface area contributed by atoms with Gasteiger partial charge in [0.15, 0.2) is 0 Å². The lowest BCUT2D eigenvalue weighted by atomic mass is 10.2. The van der Waals surface area contributed by atoms with E-state index in [1.54, 1.807) is 11.3 Å². The maximum absolute atomic E-state index is 12.9. The molecule has 24 heavy (non-hydrogen) atoms. The molecular formula is C16H14F2N4OS. The van der Waals surface area contributed by atoms with E-state index in [1.807, 2.05) is 29.2 Å². The van der Waals surface area contributed by atoms with Crippen LogP contribution in [0.3, 0.4) is 0 Å². The van der Waals surface area contributed by atoms with E-state index >= 15 is 0 Å². The minimum atomic E-state index is -2.62. The van der Waals surface area contributed by atoms with Crippen molar-refractivity contribution in [2.75, 3.05) is 24.7 Å². The summed E-state index contributed by atoms with van der Waals surface area (Å²) in [4.78, 5) is 14.5. The second-order valence-corrected chi connectivity index (χ2v) is 6.47. The molecule has 0 amide bonds. The first-order valence-electron chi connectivity index (χ1n) is 7.52. The smallest absolute Gasteiger partial charge is 0.280 e. The van der Waals surface area contributed by atoms with Crippen molar-refractivity contribution in [2.24, 2.45) is 0 Å². The number of aromatic nitrogens is 3. The second-order valence-electron chi connectivity index (χ2n) is 5.41. The van der Waals surface area contributed by atoms with Gasteiger partial charge in [-0.15, -0.1) is 11.3 Å². The van der Waals surface area contributed by atoms with Gasteiger partial charge < -0.3 is 9.64 Å². The van der Waals surface area contributed by atoms with Crippen molar-refractivity contribution < 1.29 is 13.5 Å². The van der Waals surface area contributed by atoms with E-state index in [9.17, 15) is 8.78 Å². The van der Waals surface area contributed by atoms with Crippen molar-refractivity contribution >= 4 is 27.4 Å². The van der Waals surface area contributed by atoms with Gasteiger partial charge in [-0.25, -0.2) is 23.7 Å². The number of thiazole rings is 1. The van der Waals surface area contributed by atoms with E-state index in [0.29, 0.717) is 25.6 Å². The minimum Gasteiger partial charge on any atom is -0.377 e.